The number of carboxylic acid groups (broad SMARTS) is 1. The average molecular weight is 335 g/mol. The fourth-order valence-corrected chi connectivity index (χ4v) is 2.48. The van der Waals surface area contributed by atoms with Gasteiger partial charge >= 0.3 is 5.97 Å². The molecule has 1 N–H and O–H groups in total. The van der Waals surface area contributed by atoms with E-state index in [1.165, 1.54) is 0 Å². The molecule has 2 aromatic rings. The molecule has 0 atom stereocenters. The lowest BCUT2D eigenvalue weighted by Crippen LogP contribution is -2.22. The first kappa shape index (κ1) is 16.4. The van der Waals surface area contributed by atoms with Gasteiger partial charge < -0.3 is 10.0 Å². The molecule has 126 valence electrons. The van der Waals surface area contributed by atoms with E-state index in [2.05, 4.69) is 5.10 Å². The molecule has 6 heteroatoms. The van der Waals surface area contributed by atoms with Crippen molar-refractivity contribution in [3.8, 4) is 0 Å². The number of aliphatic carboxylic acids is 1. The summed E-state index contributed by atoms with van der Waals surface area (Å²) in [6.07, 6.45) is 1.55. The molecule has 0 radical (unpaired) electrons. The van der Waals surface area contributed by atoms with Crippen molar-refractivity contribution in [3.05, 3.63) is 65.7 Å². The molecule has 1 aliphatic heterocycles. The molecule has 0 unspecified atom stereocenters. The fraction of sp³-hybridized carbons (Fsp3) is 0.105. The number of benzene rings is 2. The summed E-state index contributed by atoms with van der Waals surface area (Å²) < 4.78 is 0. The van der Waals surface area contributed by atoms with E-state index in [0.29, 0.717) is 5.69 Å². The van der Waals surface area contributed by atoms with Gasteiger partial charge in [-0.1, -0.05) is 30.3 Å². The molecule has 0 aromatic heterocycles. The second kappa shape index (κ2) is 6.60. The fourth-order valence-electron chi connectivity index (χ4n) is 2.48. The van der Waals surface area contributed by atoms with Crippen LogP contribution in [0.25, 0.3) is 6.08 Å². The van der Waals surface area contributed by atoms with Gasteiger partial charge in [0.1, 0.15) is 0 Å². The Morgan fingerprint density at radius 3 is 2.28 bits per heavy atom. The zero-order valence-electron chi connectivity index (χ0n) is 13.9. The Hall–Kier alpha value is -3.41. The Kier molecular flexibility index (Phi) is 4.35. The van der Waals surface area contributed by atoms with Crippen molar-refractivity contribution in [2.45, 2.75) is 0 Å². The van der Waals surface area contributed by atoms with Crippen LogP contribution in [0.3, 0.4) is 0 Å². The number of amides is 1. The summed E-state index contributed by atoms with van der Waals surface area (Å²) in [7, 11) is 3.86. The summed E-state index contributed by atoms with van der Waals surface area (Å²) in [5.74, 6) is -1.69. The molecule has 0 spiro atoms. The standard InChI is InChI=1S/C19H17N3O3/c1-21(2)14-10-8-13(9-11-14)12-16-17(19(24)25)20-22(18(16)23)15-6-4-3-5-7-15/h3-12H,1-2H3,(H,24,25). The SMILES string of the molecule is CN(C)c1ccc(C=C2C(=O)N(c3ccccc3)N=C2C(=O)O)cc1. The number of carbonyl (C=O) groups is 2. The first-order chi connectivity index (χ1) is 12.0. The Bertz CT molecular complexity index is 869. The van der Waals surface area contributed by atoms with Crippen LogP contribution in [-0.4, -0.2) is 36.8 Å². The molecule has 3 rings (SSSR count). The third-order valence-corrected chi connectivity index (χ3v) is 3.80. The smallest absolute Gasteiger partial charge is 0.357 e. The van der Waals surface area contributed by atoms with Gasteiger partial charge in [-0.15, -0.1) is 0 Å². The molecule has 0 saturated heterocycles. The van der Waals surface area contributed by atoms with Crippen LogP contribution < -0.4 is 9.91 Å². The molecule has 1 heterocycles. The maximum atomic E-state index is 12.7. The van der Waals surface area contributed by atoms with E-state index in [4.69, 9.17) is 0 Å². The number of nitrogens with zero attached hydrogens (tertiary/aromatic N) is 3. The molecule has 0 saturated carbocycles. The highest BCUT2D eigenvalue weighted by Crippen LogP contribution is 2.25. The largest absolute Gasteiger partial charge is 0.476 e. The Morgan fingerprint density at radius 2 is 1.72 bits per heavy atom. The number of hydrazone groups is 1. The number of carbonyl (C=O) groups excluding carboxylic acids is 1. The Morgan fingerprint density at radius 1 is 1.08 bits per heavy atom. The van der Waals surface area contributed by atoms with E-state index < -0.39 is 11.9 Å². The third kappa shape index (κ3) is 3.28. The van der Waals surface area contributed by atoms with Crippen molar-refractivity contribution < 1.29 is 14.7 Å². The zero-order valence-corrected chi connectivity index (χ0v) is 13.9. The summed E-state index contributed by atoms with van der Waals surface area (Å²) in [6.45, 7) is 0. The predicted octanol–water partition coefficient (Wildman–Crippen LogP) is 2.62. The van der Waals surface area contributed by atoms with Crippen LogP contribution in [0.15, 0.2) is 65.3 Å². The van der Waals surface area contributed by atoms with Crippen LogP contribution in [0.4, 0.5) is 11.4 Å². The lowest BCUT2D eigenvalue weighted by atomic mass is 10.1. The van der Waals surface area contributed by atoms with Gasteiger partial charge in [0.25, 0.3) is 5.91 Å². The molecule has 1 aliphatic rings. The van der Waals surface area contributed by atoms with Crippen LogP contribution >= 0.6 is 0 Å². The molecule has 0 bridgehead atoms. The molecule has 2 aromatic carbocycles. The van der Waals surface area contributed by atoms with Crippen molar-refractivity contribution in [2.24, 2.45) is 5.10 Å². The zero-order chi connectivity index (χ0) is 18.0. The van der Waals surface area contributed by atoms with E-state index in [1.54, 1.807) is 30.3 Å². The van der Waals surface area contributed by atoms with Gasteiger partial charge in [0.05, 0.1) is 11.3 Å². The Balaban J connectivity index is 1.98. The number of rotatable bonds is 4. The highest BCUT2D eigenvalue weighted by atomic mass is 16.4. The second-order valence-electron chi connectivity index (χ2n) is 5.75. The minimum Gasteiger partial charge on any atom is -0.476 e. The highest BCUT2D eigenvalue weighted by molar-refractivity contribution is 6.53. The van der Waals surface area contributed by atoms with Gasteiger partial charge in [0.2, 0.25) is 0 Å². The van der Waals surface area contributed by atoms with Crippen molar-refractivity contribution >= 4 is 35.0 Å². The third-order valence-electron chi connectivity index (χ3n) is 3.80. The van der Waals surface area contributed by atoms with Gasteiger partial charge in [-0.25, -0.2) is 4.79 Å². The quantitative estimate of drug-likeness (QED) is 0.872. The van der Waals surface area contributed by atoms with Crippen LogP contribution in [-0.2, 0) is 9.59 Å². The van der Waals surface area contributed by atoms with Crippen LogP contribution in [0.2, 0.25) is 0 Å². The van der Waals surface area contributed by atoms with Gasteiger partial charge in [0.15, 0.2) is 5.71 Å². The lowest BCUT2D eigenvalue weighted by Gasteiger charge is -2.12. The lowest BCUT2D eigenvalue weighted by molar-refractivity contribution is -0.129. The first-order valence-electron chi connectivity index (χ1n) is 7.68. The van der Waals surface area contributed by atoms with Gasteiger partial charge in [-0.05, 0) is 35.9 Å². The molecular weight excluding hydrogens is 318 g/mol. The predicted molar refractivity (Wildman–Crippen MR) is 97.7 cm³/mol. The van der Waals surface area contributed by atoms with Crippen molar-refractivity contribution in [1.29, 1.82) is 0 Å². The molecule has 0 aliphatic carbocycles. The Labute approximate surface area is 145 Å². The second-order valence-corrected chi connectivity index (χ2v) is 5.75. The maximum absolute atomic E-state index is 12.7. The maximum Gasteiger partial charge on any atom is 0.357 e. The van der Waals surface area contributed by atoms with E-state index in [1.807, 2.05) is 49.3 Å². The highest BCUT2D eigenvalue weighted by Gasteiger charge is 2.34. The topological polar surface area (TPSA) is 73.2 Å². The summed E-state index contributed by atoms with van der Waals surface area (Å²) >= 11 is 0. The van der Waals surface area contributed by atoms with Crippen molar-refractivity contribution in [3.63, 3.8) is 0 Å². The van der Waals surface area contributed by atoms with Crippen molar-refractivity contribution in [2.75, 3.05) is 24.0 Å². The van der Waals surface area contributed by atoms with Gasteiger partial charge in [-0.2, -0.15) is 10.1 Å². The summed E-state index contributed by atoms with van der Waals surface area (Å²) in [5.41, 5.74) is 2.08. The molecule has 1 amide bonds. The number of hydrogen-bond donors (Lipinski definition) is 1. The van der Waals surface area contributed by atoms with E-state index in [0.717, 1.165) is 16.3 Å². The van der Waals surface area contributed by atoms with Crippen LogP contribution in [0, 0.1) is 0 Å². The minimum absolute atomic E-state index is 0.0638. The monoisotopic (exact) mass is 335 g/mol. The van der Waals surface area contributed by atoms with Crippen LogP contribution in [0.5, 0.6) is 0 Å². The minimum atomic E-state index is -1.23. The van der Waals surface area contributed by atoms with Crippen molar-refractivity contribution in [1.82, 2.24) is 0 Å². The molecular formula is C19H17N3O3. The van der Waals surface area contributed by atoms with E-state index in [-0.39, 0.29) is 11.3 Å². The summed E-state index contributed by atoms with van der Waals surface area (Å²) in [5, 5.41) is 14.5. The van der Waals surface area contributed by atoms with E-state index >= 15 is 0 Å². The van der Waals surface area contributed by atoms with Gasteiger partial charge in [-0.3, -0.25) is 4.79 Å². The van der Waals surface area contributed by atoms with Crippen LogP contribution in [0.1, 0.15) is 5.56 Å². The molecule has 0 fully saturated rings. The average Bonchev–Trinajstić information content (AvgIpc) is 2.93. The number of para-hydroxylation sites is 1. The molecule has 25 heavy (non-hydrogen) atoms. The number of anilines is 2. The van der Waals surface area contributed by atoms with E-state index in [9.17, 15) is 14.7 Å². The number of carboxylic acids is 1. The first-order valence-corrected chi connectivity index (χ1v) is 7.68. The summed E-state index contributed by atoms with van der Waals surface area (Å²) in [4.78, 5) is 26.1. The van der Waals surface area contributed by atoms with Gasteiger partial charge in [0, 0.05) is 19.8 Å². The normalized spacial score (nSPS) is 15.4. The summed E-state index contributed by atoms with van der Waals surface area (Å²) in [6, 6.07) is 16.2. The number of hydrogen-bond acceptors (Lipinski definition) is 4. The molecule has 6 nitrogen and oxygen atoms in total.